The van der Waals surface area contributed by atoms with Crippen LogP contribution in [0.2, 0.25) is 0 Å². The Morgan fingerprint density at radius 2 is 1.96 bits per heavy atom. The van der Waals surface area contributed by atoms with Crippen LogP contribution in [0.25, 0.3) is 0 Å². The molecule has 0 spiro atoms. The second kappa shape index (κ2) is 10.8. The first-order valence-corrected chi connectivity index (χ1v) is 10.4. The predicted octanol–water partition coefficient (Wildman–Crippen LogP) is -0.147. The van der Waals surface area contributed by atoms with Gasteiger partial charge in [-0.25, -0.2) is 0 Å². The fraction of sp³-hybridized carbons (Fsp3) is 0.667. The molecule has 2 fully saturated rings. The molecule has 3 atom stereocenters. The maximum Gasteiger partial charge on any atom is 0.635 e. The van der Waals surface area contributed by atoms with Gasteiger partial charge in [0.15, 0.2) is 0 Å². The molecule has 0 saturated carbocycles. The van der Waals surface area contributed by atoms with Crippen LogP contribution in [-0.2, 0) is 4.65 Å². The molecular formula is C18H31BN4O4S. The fourth-order valence-corrected chi connectivity index (χ4v) is 4.35. The van der Waals surface area contributed by atoms with Crippen molar-refractivity contribution in [3.63, 3.8) is 0 Å². The summed E-state index contributed by atoms with van der Waals surface area (Å²) in [5.74, 6) is 0.944. The van der Waals surface area contributed by atoms with Crippen LogP contribution in [0.3, 0.4) is 0 Å². The van der Waals surface area contributed by atoms with Crippen LogP contribution in [0.4, 0.5) is 0 Å². The molecule has 28 heavy (non-hydrogen) atoms. The van der Waals surface area contributed by atoms with Crippen LogP contribution in [0.1, 0.15) is 24.4 Å². The lowest BCUT2D eigenvalue weighted by Crippen LogP contribution is -2.46. The summed E-state index contributed by atoms with van der Waals surface area (Å²) in [7, 11) is -0.0398. The molecule has 1 aromatic rings. The summed E-state index contributed by atoms with van der Waals surface area (Å²) in [6, 6.07) is 8.57. The molecule has 0 radical (unpaired) electrons. The van der Waals surface area contributed by atoms with E-state index in [0.29, 0.717) is 12.6 Å². The van der Waals surface area contributed by atoms with Crippen molar-refractivity contribution in [1.29, 1.82) is 0 Å². The van der Waals surface area contributed by atoms with Crippen molar-refractivity contribution < 1.29 is 19.4 Å². The Kier molecular flexibility index (Phi) is 8.43. The summed E-state index contributed by atoms with van der Waals surface area (Å²) in [6.45, 7) is 5.45. The predicted molar refractivity (Wildman–Crippen MR) is 112 cm³/mol. The molecule has 10 heteroatoms. The number of benzene rings is 1. The van der Waals surface area contributed by atoms with E-state index in [9.17, 15) is 0 Å². The minimum Gasteiger partial charge on any atom is -0.496 e. The zero-order valence-corrected chi connectivity index (χ0v) is 17.2. The summed E-state index contributed by atoms with van der Waals surface area (Å²) in [4.78, 5) is 4.68. The molecule has 2 aliphatic rings. The second-order valence-corrected chi connectivity index (χ2v) is 7.68. The zero-order valence-electron chi connectivity index (χ0n) is 16.3. The van der Waals surface area contributed by atoms with Crippen molar-refractivity contribution in [3.05, 3.63) is 29.8 Å². The standard InChI is InChI=1S/C18H31BN4O4S/c1-26-16-7-3-2-6-14(16)15-12-20-8-11-22(15)9-4-5-10-23-13-17(21-18(23)28)27-19(24)25/h2-3,6-7,15,17-18,20-21,24-25,28H,4-5,8-13H2,1H3. The number of hydrogen-bond acceptors (Lipinski definition) is 9. The maximum atomic E-state index is 8.93. The van der Waals surface area contributed by atoms with Gasteiger partial charge in [-0.15, -0.1) is 12.6 Å². The minimum absolute atomic E-state index is 0.135. The summed E-state index contributed by atoms with van der Waals surface area (Å²) < 4.78 is 10.5. The average molecular weight is 410 g/mol. The van der Waals surface area contributed by atoms with Gasteiger partial charge in [0.05, 0.1) is 13.2 Å². The number of hydrogen-bond donors (Lipinski definition) is 5. The van der Waals surface area contributed by atoms with Crippen LogP contribution < -0.4 is 15.4 Å². The van der Waals surface area contributed by atoms with Gasteiger partial charge in [-0.3, -0.25) is 15.1 Å². The summed E-state index contributed by atoms with van der Waals surface area (Å²) in [5.41, 5.74) is 1.10. The Balaban J connectivity index is 1.47. The smallest absolute Gasteiger partial charge is 0.496 e. The molecule has 0 aliphatic carbocycles. The molecule has 2 saturated heterocycles. The van der Waals surface area contributed by atoms with E-state index in [1.165, 1.54) is 5.56 Å². The van der Waals surface area contributed by atoms with Crippen molar-refractivity contribution in [2.45, 2.75) is 30.6 Å². The lowest BCUT2D eigenvalue weighted by Gasteiger charge is -2.37. The van der Waals surface area contributed by atoms with Crippen LogP contribution in [0.5, 0.6) is 5.75 Å². The normalized spacial score (nSPS) is 26.5. The number of ether oxygens (including phenoxy) is 1. The number of nitrogens with zero attached hydrogens (tertiary/aromatic N) is 2. The number of nitrogens with one attached hydrogen (secondary N) is 2. The molecule has 4 N–H and O–H groups in total. The highest BCUT2D eigenvalue weighted by Crippen LogP contribution is 2.30. The van der Waals surface area contributed by atoms with Crippen LogP contribution >= 0.6 is 12.6 Å². The molecule has 156 valence electrons. The number of thiol groups is 1. The van der Waals surface area contributed by atoms with E-state index in [1.807, 2.05) is 12.1 Å². The number of piperazine rings is 1. The van der Waals surface area contributed by atoms with Gasteiger partial charge in [0.1, 0.15) is 17.5 Å². The van der Waals surface area contributed by atoms with Gasteiger partial charge >= 0.3 is 7.32 Å². The maximum absolute atomic E-state index is 8.93. The SMILES string of the molecule is COc1ccccc1C1CNCCN1CCCCN1CC(OB(O)O)NC1S. The van der Waals surface area contributed by atoms with E-state index in [1.54, 1.807) is 7.11 Å². The Morgan fingerprint density at radius 3 is 2.71 bits per heavy atom. The number of unbranched alkanes of at least 4 members (excludes halogenated alkanes) is 1. The topological polar surface area (TPSA) is 89.5 Å². The summed E-state index contributed by atoms with van der Waals surface area (Å²) in [6.07, 6.45) is 1.71. The number of methoxy groups -OCH3 is 1. The van der Waals surface area contributed by atoms with Crippen molar-refractivity contribution in [3.8, 4) is 5.75 Å². The molecule has 0 bridgehead atoms. The fourth-order valence-electron chi connectivity index (χ4n) is 3.97. The van der Waals surface area contributed by atoms with Crippen molar-refractivity contribution in [2.24, 2.45) is 0 Å². The molecule has 0 amide bonds. The van der Waals surface area contributed by atoms with Crippen molar-refractivity contribution in [2.75, 3.05) is 46.4 Å². The first-order valence-electron chi connectivity index (χ1n) is 9.86. The van der Waals surface area contributed by atoms with Gasteiger partial charge in [-0.1, -0.05) is 18.2 Å². The highest BCUT2D eigenvalue weighted by molar-refractivity contribution is 7.80. The summed E-state index contributed by atoms with van der Waals surface area (Å²) in [5, 5.41) is 24.4. The third-order valence-electron chi connectivity index (χ3n) is 5.36. The van der Waals surface area contributed by atoms with Gasteiger partial charge in [-0.2, -0.15) is 0 Å². The van der Waals surface area contributed by atoms with Crippen LogP contribution in [0.15, 0.2) is 24.3 Å². The van der Waals surface area contributed by atoms with E-state index >= 15 is 0 Å². The molecule has 0 aromatic heterocycles. The number of rotatable bonds is 9. The van der Waals surface area contributed by atoms with Crippen molar-refractivity contribution in [1.82, 2.24) is 20.4 Å². The first-order chi connectivity index (χ1) is 13.6. The van der Waals surface area contributed by atoms with Gasteiger partial charge in [0.2, 0.25) is 0 Å². The van der Waals surface area contributed by atoms with E-state index in [-0.39, 0.29) is 5.50 Å². The molecule has 2 heterocycles. The Bertz CT molecular complexity index is 615. The van der Waals surface area contributed by atoms with E-state index < -0.39 is 13.5 Å². The zero-order chi connectivity index (χ0) is 19.9. The third-order valence-corrected chi connectivity index (χ3v) is 5.84. The monoisotopic (exact) mass is 410 g/mol. The van der Waals surface area contributed by atoms with Gasteiger partial charge < -0.3 is 24.8 Å². The number of para-hydroxylation sites is 1. The van der Waals surface area contributed by atoms with Crippen LogP contribution in [0, 0.1) is 0 Å². The molecular weight excluding hydrogens is 379 g/mol. The third kappa shape index (κ3) is 5.83. The van der Waals surface area contributed by atoms with E-state index in [4.69, 9.17) is 19.4 Å². The quantitative estimate of drug-likeness (QED) is 0.218. The second-order valence-electron chi connectivity index (χ2n) is 7.19. The molecule has 8 nitrogen and oxygen atoms in total. The van der Waals surface area contributed by atoms with Crippen LogP contribution in [-0.4, -0.2) is 85.3 Å². The van der Waals surface area contributed by atoms with E-state index in [0.717, 1.165) is 51.3 Å². The molecule has 3 rings (SSSR count). The van der Waals surface area contributed by atoms with Gasteiger partial charge in [-0.05, 0) is 25.5 Å². The minimum atomic E-state index is -1.77. The van der Waals surface area contributed by atoms with Gasteiger partial charge in [0.25, 0.3) is 0 Å². The molecule has 1 aromatic carbocycles. The Hall–Kier alpha value is -0.845. The average Bonchev–Trinajstić information content (AvgIpc) is 3.03. The highest BCUT2D eigenvalue weighted by Gasteiger charge is 2.31. The van der Waals surface area contributed by atoms with Crippen molar-refractivity contribution >= 4 is 20.0 Å². The lowest BCUT2D eigenvalue weighted by atomic mass is 10.0. The van der Waals surface area contributed by atoms with E-state index in [2.05, 4.69) is 45.2 Å². The lowest BCUT2D eigenvalue weighted by molar-refractivity contribution is 0.109. The molecule has 3 unspecified atom stereocenters. The largest absolute Gasteiger partial charge is 0.635 e. The van der Waals surface area contributed by atoms with Gasteiger partial charge in [0, 0.05) is 38.3 Å². The Labute approximate surface area is 172 Å². The molecule has 2 aliphatic heterocycles. The highest BCUT2D eigenvalue weighted by atomic mass is 32.1. The first kappa shape index (κ1) is 21.9. The summed E-state index contributed by atoms with van der Waals surface area (Å²) >= 11 is 4.50. The Morgan fingerprint density at radius 1 is 1.21 bits per heavy atom.